The van der Waals surface area contributed by atoms with Crippen LogP contribution in [-0.2, 0) is 19.6 Å². The minimum absolute atomic E-state index is 0.0471. The third-order valence-electron chi connectivity index (χ3n) is 5.84. The molecule has 5 aromatic rings. The number of rotatable bonds is 8. The molecule has 2 heterocycles. The fourth-order valence-corrected chi connectivity index (χ4v) is 4.00. The maximum atomic E-state index is 12.9. The van der Waals surface area contributed by atoms with Crippen LogP contribution in [-0.4, -0.2) is 20.3 Å². The van der Waals surface area contributed by atoms with E-state index in [1.54, 1.807) is 6.20 Å². The minimum Gasteiger partial charge on any atom is -0.489 e. The van der Waals surface area contributed by atoms with Crippen LogP contribution >= 0.6 is 0 Å². The molecule has 0 amide bonds. The second kappa shape index (κ2) is 9.71. The molecule has 0 radical (unpaired) electrons. The summed E-state index contributed by atoms with van der Waals surface area (Å²) in [6.07, 6.45) is 1.99. The Morgan fingerprint density at radius 1 is 0.882 bits per heavy atom. The molecule has 0 atom stereocenters. The molecule has 3 aromatic carbocycles. The standard InChI is InChI=1S/C29H25N3O2/c1-21-31-27-15-12-24(29(33)18-25-9-5-6-16-30-25)17-28(27)32(21)19-22-10-13-26(14-11-22)34-20-23-7-3-2-4-8-23/h2-17H,18-20H2,1H3. The lowest BCUT2D eigenvalue weighted by molar-refractivity contribution is 0.0992. The number of hydrogen-bond acceptors (Lipinski definition) is 4. The Balaban J connectivity index is 1.32. The number of carbonyl (C=O) groups is 1. The molecule has 0 saturated carbocycles. The van der Waals surface area contributed by atoms with Gasteiger partial charge in [0, 0.05) is 24.0 Å². The van der Waals surface area contributed by atoms with Gasteiger partial charge in [0.05, 0.1) is 17.5 Å². The Morgan fingerprint density at radius 2 is 1.68 bits per heavy atom. The first-order chi connectivity index (χ1) is 16.7. The molecule has 0 saturated heterocycles. The van der Waals surface area contributed by atoms with Crippen LogP contribution in [0.5, 0.6) is 5.75 Å². The van der Waals surface area contributed by atoms with E-state index in [-0.39, 0.29) is 12.2 Å². The number of ketones is 1. The van der Waals surface area contributed by atoms with E-state index in [0.717, 1.165) is 39.4 Å². The lowest BCUT2D eigenvalue weighted by atomic mass is 10.1. The van der Waals surface area contributed by atoms with E-state index in [9.17, 15) is 4.79 Å². The summed E-state index contributed by atoms with van der Waals surface area (Å²) in [7, 11) is 0. The van der Waals surface area contributed by atoms with Crippen LogP contribution in [0.25, 0.3) is 11.0 Å². The van der Waals surface area contributed by atoms with Crippen molar-refractivity contribution in [2.45, 2.75) is 26.5 Å². The summed E-state index contributed by atoms with van der Waals surface area (Å²) < 4.78 is 8.05. The number of aryl methyl sites for hydroxylation is 1. The second-order valence-electron chi connectivity index (χ2n) is 8.29. The summed E-state index contributed by atoms with van der Waals surface area (Å²) in [4.78, 5) is 21.8. The summed E-state index contributed by atoms with van der Waals surface area (Å²) in [5, 5.41) is 0. The van der Waals surface area contributed by atoms with Gasteiger partial charge in [0.15, 0.2) is 5.78 Å². The molecule has 0 unspecified atom stereocenters. The van der Waals surface area contributed by atoms with Crippen molar-refractivity contribution in [2.75, 3.05) is 0 Å². The molecule has 0 spiro atoms. The van der Waals surface area contributed by atoms with Crippen LogP contribution in [0.15, 0.2) is 97.2 Å². The summed E-state index contributed by atoms with van der Waals surface area (Å²) in [5.41, 5.74) is 5.56. The monoisotopic (exact) mass is 447 g/mol. The quantitative estimate of drug-likeness (QED) is 0.282. The molecule has 5 nitrogen and oxygen atoms in total. The zero-order chi connectivity index (χ0) is 23.3. The Morgan fingerprint density at radius 3 is 2.44 bits per heavy atom. The number of hydrogen-bond donors (Lipinski definition) is 0. The fraction of sp³-hybridized carbons (Fsp3) is 0.138. The van der Waals surface area contributed by atoms with E-state index in [2.05, 4.69) is 38.8 Å². The van der Waals surface area contributed by atoms with Gasteiger partial charge in [-0.2, -0.15) is 0 Å². The lowest BCUT2D eigenvalue weighted by Gasteiger charge is -2.10. The molecule has 0 aliphatic carbocycles. The number of pyridine rings is 1. The summed E-state index contributed by atoms with van der Waals surface area (Å²) >= 11 is 0. The molecule has 5 rings (SSSR count). The molecule has 0 bridgehead atoms. The predicted octanol–water partition coefficient (Wildman–Crippen LogP) is 5.79. The number of imidazole rings is 1. The first-order valence-corrected chi connectivity index (χ1v) is 11.3. The van der Waals surface area contributed by atoms with Crippen LogP contribution < -0.4 is 4.74 Å². The highest BCUT2D eigenvalue weighted by Gasteiger charge is 2.13. The Hall–Kier alpha value is -4.25. The first kappa shape index (κ1) is 21.6. The van der Waals surface area contributed by atoms with Crippen molar-refractivity contribution in [3.05, 3.63) is 125 Å². The molecule has 0 fully saturated rings. The van der Waals surface area contributed by atoms with Gasteiger partial charge in [0.1, 0.15) is 18.2 Å². The number of nitrogens with zero attached hydrogens (tertiary/aromatic N) is 3. The van der Waals surface area contributed by atoms with E-state index in [1.165, 1.54) is 0 Å². The molecule has 0 N–H and O–H groups in total. The Kier molecular flexibility index (Phi) is 6.17. The number of fused-ring (bicyclic) bond motifs is 1. The van der Waals surface area contributed by atoms with Crippen LogP contribution in [0, 0.1) is 6.92 Å². The van der Waals surface area contributed by atoms with Crippen molar-refractivity contribution in [3.8, 4) is 5.75 Å². The molecule has 0 aliphatic heterocycles. The molecule has 0 aliphatic rings. The van der Waals surface area contributed by atoms with Crippen molar-refractivity contribution in [1.82, 2.24) is 14.5 Å². The highest BCUT2D eigenvalue weighted by Crippen LogP contribution is 2.22. The van der Waals surface area contributed by atoms with E-state index in [1.807, 2.05) is 73.7 Å². The number of ether oxygens (including phenoxy) is 1. The van der Waals surface area contributed by atoms with Gasteiger partial charge in [-0.15, -0.1) is 0 Å². The zero-order valence-electron chi connectivity index (χ0n) is 19.0. The molecular weight excluding hydrogens is 422 g/mol. The lowest BCUT2D eigenvalue weighted by Crippen LogP contribution is -2.06. The molecule has 34 heavy (non-hydrogen) atoms. The highest BCUT2D eigenvalue weighted by atomic mass is 16.5. The van der Waals surface area contributed by atoms with E-state index >= 15 is 0 Å². The SMILES string of the molecule is Cc1nc2ccc(C(=O)Cc3ccccn3)cc2n1Cc1ccc(OCc2ccccc2)cc1. The smallest absolute Gasteiger partial charge is 0.168 e. The van der Waals surface area contributed by atoms with E-state index in [4.69, 9.17) is 4.74 Å². The normalized spacial score (nSPS) is 11.0. The van der Waals surface area contributed by atoms with Crippen molar-refractivity contribution in [3.63, 3.8) is 0 Å². The Bertz CT molecular complexity index is 1410. The summed E-state index contributed by atoms with van der Waals surface area (Å²) in [6, 6.07) is 29.6. The van der Waals surface area contributed by atoms with Crippen LogP contribution in [0.3, 0.4) is 0 Å². The van der Waals surface area contributed by atoms with Gasteiger partial charge in [-0.25, -0.2) is 4.98 Å². The summed E-state index contributed by atoms with van der Waals surface area (Å²) in [6.45, 7) is 3.20. The van der Waals surface area contributed by atoms with Gasteiger partial charge in [-0.3, -0.25) is 9.78 Å². The van der Waals surface area contributed by atoms with Crippen LogP contribution in [0.1, 0.15) is 33.0 Å². The number of carbonyl (C=O) groups excluding carboxylic acids is 1. The van der Waals surface area contributed by atoms with Crippen molar-refractivity contribution in [2.24, 2.45) is 0 Å². The zero-order valence-corrected chi connectivity index (χ0v) is 19.0. The highest BCUT2D eigenvalue weighted by molar-refractivity contribution is 6.00. The molecule has 5 heteroatoms. The largest absolute Gasteiger partial charge is 0.489 e. The first-order valence-electron chi connectivity index (χ1n) is 11.3. The van der Waals surface area contributed by atoms with Gasteiger partial charge in [0.2, 0.25) is 0 Å². The summed E-state index contributed by atoms with van der Waals surface area (Å²) in [5.74, 6) is 1.79. The average Bonchev–Trinajstić information content (AvgIpc) is 3.19. The molecule has 168 valence electrons. The van der Waals surface area contributed by atoms with Gasteiger partial charge in [-0.1, -0.05) is 48.5 Å². The number of Topliss-reactive ketones (excluding diaryl/α,β-unsaturated/α-hetero) is 1. The fourth-order valence-electron chi connectivity index (χ4n) is 4.00. The van der Waals surface area contributed by atoms with Crippen molar-refractivity contribution < 1.29 is 9.53 Å². The number of benzene rings is 3. The van der Waals surface area contributed by atoms with Crippen LogP contribution in [0.2, 0.25) is 0 Å². The van der Waals surface area contributed by atoms with Gasteiger partial charge in [-0.05, 0) is 60.5 Å². The van der Waals surface area contributed by atoms with Crippen molar-refractivity contribution >= 4 is 16.8 Å². The van der Waals surface area contributed by atoms with Gasteiger partial charge >= 0.3 is 0 Å². The number of aromatic nitrogens is 3. The average molecular weight is 448 g/mol. The predicted molar refractivity (Wildman–Crippen MR) is 133 cm³/mol. The minimum atomic E-state index is 0.0471. The molecular formula is C29H25N3O2. The van der Waals surface area contributed by atoms with Crippen molar-refractivity contribution in [1.29, 1.82) is 0 Å². The van der Waals surface area contributed by atoms with E-state index < -0.39 is 0 Å². The Labute approximate surface area is 198 Å². The van der Waals surface area contributed by atoms with E-state index in [0.29, 0.717) is 18.7 Å². The van der Waals surface area contributed by atoms with Gasteiger partial charge in [0.25, 0.3) is 0 Å². The maximum absolute atomic E-state index is 12.9. The second-order valence-corrected chi connectivity index (χ2v) is 8.29. The third kappa shape index (κ3) is 4.89. The molecule has 2 aromatic heterocycles. The van der Waals surface area contributed by atoms with Crippen LogP contribution in [0.4, 0.5) is 0 Å². The maximum Gasteiger partial charge on any atom is 0.168 e. The van der Waals surface area contributed by atoms with Gasteiger partial charge < -0.3 is 9.30 Å². The third-order valence-corrected chi connectivity index (χ3v) is 5.84. The topological polar surface area (TPSA) is 57.0 Å².